The number of fused-ring (bicyclic) bond motifs is 1. The van der Waals surface area contributed by atoms with Gasteiger partial charge in [-0.05, 0) is 27.7 Å². The average molecular weight is 379 g/mol. The first-order chi connectivity index (χ1) is 12.6. The number of hydrogen-bond donors (Lipinski definition) is 2. The summed E-state index contributed by atoms with van der Waals surface area (Å²) < 4.78 is 6.36. The Morgan fingerprint density at radius 1 is 1.30 bits per heavy atom. The van der Waals surface area contributed by atoms with E-state index >= 15 is 0 Å². The lowest BCUT2D eigenvalue weighted by Gasteiger charge is -2.30. The van der Waals surface area contributed by atoms with E-state index in [1.165, 1.54) is 11.0 Å². The molecule has 0 aromatic carbocycles. The summed E-state index contributed by atoms with van der Waals surface area (Å²) in [6.07, 6.45) is -0.00840. The van der Waals surface area contributed by atoms with Gasteiger partial charge in [-0.1, -0.05) is 0 Å². The molecule has 0 saturated carbocycles. The number of ether oxygens (including phenoxy) is 1. The Morgan fingerprint density at radius 3 is 2.63 bits per heavy atom. The van der Waals surface area contributed by atoms with Gasteiger partial charge in [-0.3, -0.25) is 14.9 Å². The Balaban J connectivity index is 2.07. The van der Waals surface area contributed by atoms with Gasteiger partial charge in [0.1, 0.15) is 12.1 Å². The third-order valence-corrected chi connectivity index (χ3v) is 3.68. The minimum Gasteiger partial charge on any atom is -0.444 e. The second kappa shape index (κ2) is 8.19. The van der Waals surface area contributed by atoms with E-state index in [-0.39, 0.29) is 13.1 Å². The molecule has 0 saturated heterocycles. The van der Waals surface area contributed by atoms with E-state index in [4.69, 9.17) is 4.74 Å². The first-order valence-corrected chi connectivity index (χ1v) is 8.74. The van der Waals surface area contributed by atoms with E-state index in [9.17, 15) is 19.2 Å². The normalized spacial score (nSPS) is 13.6. The average Bonchev–Trinajstić information content (AvgIpc) is 2.53. The smallest absolute Gasteiger partial charge is 0.410 e. The molecule has 0 atom stereocenters. The lowest BCUT2D eigenvalue weighted by atomic mass is 10.1. The van der Waals surface area contributed by atoms with Gasteiger partial charge >= 0.3 is 12.1 Å². The van der Waals surface area contributed by atoms with Crippen molar-refractivity contribution in [3.05, 3.63) is 27.7 Å². The van der Waals surface area contributed by atoms with Crippen LogP contribution in [0.4, 0.5) is 9.59 Å². The maximum Gasteiger partial charge on any atom is 0.410 e. The largest absolute Gasteiger partial charge is 0.444 e. The van der Waals surface area contributed by atoms with Crippen LogP contribution in [0.3, 0.4) is 0 Å². The van der Waals surface area contributed by atoms with Crippen LogP contribution in [0.5, 0.6) is 0 Å². The second-order valence-electron chi connectivity index (χ2n) is 7.17. The zero-order valence-corrected chi connectivity index (χ0v) is 16.0. The first-order valence-electron chi connectivity index (χ1n) is 8.74. The summed E-state index contributed by atoms with van der Waals surface area (Å²) in [5.41, 5.74) is 0.180. The van der Waals surface area contributed by atoms with Gasteiger partial charge in [0, 0.05) is 31.1 Å². The van der Waals surface area contributed by atoms with Crippen LogP contribution in [0.25, 0.3) is 0 Å². The molecule has 148 valence electrons. The van der Waals surface area contributed by atoms with Crippen molar-refractivity contribution in [2.75, 3.05) is 13.1 Å². The lowest BCUT2D eigenvalue weighted by Crippen LogP contribution is -2.44. The van der Waals surface area contributed by atoms with E-state index in [2.05, 4.69) is 15.7 Å². The molecule has 10 heteroatoms. The van der Waals surface area contributed by atoms with Crippen molar-refractivity contribution in [3.63, 3.8) is 0 Å². The first kappa shape index (κ1) is 20.4. The number of nitrogens with one attached hydrogen (secondary N) is 2. The van der Waals surface area contributed by atoms with Crippen LogP contribution < -0.4 is 16.2 Å². The van der Waals surface area contributed by atoms with Crippen molar-refractivity contribution >= 4 is 18.0 Å². The van der Waals surface area contributed by atoms with Crippen molar-refractivity contribution in [3.8, 4) is 0 Å². The summed E-state index contributed by atoms with van der Waals surface area (Å²) in [5, 5.41) is 8.76. The Hall–Kier alpha value is -2.91. The summed E-state index contributed by atoms with van der Waals surface area (Å²) in [5.74, 6) is -0.637. The molecule has 2 rings (SSSR count). The second-order valence-corrected chi connectivity index (χ2v) is 7.17. The highest BCUT2D eigenvalue weighted by Gasteiger charge is 2.27. The van der Waals surface area contributed by atoms with Crippen molar-refractivity contribution in [2.24, 2.45) is 0 Å². The van der Waals surface area contributed by atoms with Gasteiger partial charge < -0.3 is 15.0 Å². The number of imide groups is 1. The van der Waals surface area contributed by atoms with Crippen LogP contribution in [-0.2, 0) is 29.0 Å². The predicted octanol–water partition coefficient (Wildman–Crippen LogP) is 0.382. The van der Waals surface area contributed by atoms with Crippen molar-refractivity contribution in [1.82, 2.24) is 25.3 Å². The number of carbonyl (C=O) groups excluding carboxylic acids is 3. The Morgan fingerprint density at radius 2 is 2.00 bits per heavy atom. The standard InChI is InChI=1S/C17H25N5O5/c1-5-18-15(25)19-13(23)10-22-14(24)8-11-9-21(7-6-12(11)20-22)16(26)27-17(2,3)4/h8H,5-7,9-10H2,1-4H3,(H2,18,19,23,25). The fraction of sp³-hybridized carbons (Fsp3) is 0.588. The molecule has 2 N–H and O–H groups in total. The van der Waals surface area contributed by atoms with Crippen LogP contribution in [-0.4, -0.2) is 51.4 Å². The highest BCUT2D eigenvalue weighted by molar-refractivity contribution is 5.94. The predicted molar refractivity (Wildman–Crippen MR) is 96.1 cm³/mol. The van der Waals surface area contributed by atoms with Gasteiger partial charge in [0.15, 0.2) is 0 Å². The number of carbonyl (C=O) groups is 3. The van der Waals surface area contributed by atoms with Crippen LogP contribution in [0.15, 0.2) is 10.9 Å². The molecule has 0 fully saturated rings. The maximum absolute atomic E-state index is 12.2. The van der Waals surface area contributed by atoms with Gasteiger partial charge in [-0.2, -0.15) is 5.10 Å². The van der Waals surface area contributed by atoms with Gasteiger partial charge in [-0.25, -0.2) is 14.3 Å². The molecular weight excluding hydrogens is 354 g/mol. The summed E-state index contributed by atoms with van der Waals surface area (Å²) in [4.78, 5) is 49.1. The molecule has 27 heavy (non-hydrogen) atoms. The van der Waals surface area contributed by atoms with E-state index in [0.717, 1.165) is 4.68 Å². The molecule has 1 aliphatic rings. The third kappa shape index (κ3) is 5.80. The van der Waals surface area contributed by atoms with E-state index in [0.29, 0.717) is 30.8 Å². The number of aromatic nitrogens is 2. The Kier molecular flexibility index (Phi) is 6.19. The fourth-order valence-corrected chi connectivity index (χ4v) is 2.54. The highest BCUT2D eigenvalue weighted by Crippen LogP contribution is 2.18. The lowest BCUT2D eigenvalue weighted by molar-refractivity contribution is -0.120. The molecule has 2 heterocycles. The number of amides is 4. The molecule has 0 spiro atoms. The quantitative estimate of drug-likeness (QED) is 0.783. The number of hydrogen-bond acceptors (Lipinski definition) is 6. The summed E-state index contributed by atoms with van der Waals surface area (Å²) in [7, 11) is 0. The summed E-state index contributed by atoms with van der Waals surface area (Å²) >= 11 is 0. The van der Waals surface area contributed by atoms with Gasteiger partial charge in [0.25, 0.3) is 5.56 Å². The van der Waals surface area contributed by atoms with Crippen LogP contribution >= 0.6 is 0 Å². The van der Waals surface area contributed by atoms with Crippen LogP contribution in [0.2, 0.25) is 0 Å². The van der Waals surface area contributed by atoms with Crippen LogP contribution in [0, 0.1) is 0 Å². The maximum atomic E-state index is 12.2. The zero-order chi connectivity index (χ0) is 20.2. The van der Waals surface area contributed by atoms with E-state index in [1.807, 2.05) is 0 Å². The Bertz CT molecular complexity index is 796. The summed E-state index contributed by atoms with van der Waals surface area (Å²) in [6, 6.07) is 0.736. The molecule has 0 radical (unpaired) electrons. The van der Waals surface area contributed by atoms with Crippen molar-refractivity contribution < 1.29 is 19.1 Å². The molecule has 1 aromatic rings. The molecule has 1 aliphatic heterocycles. The van der Waals surface area contributed by atoms with Crippen LogP contribution in [0.1, 0.15) is 39.0 Å². The highest BCUT2D eigenvalue weighted by atomic mass is 16.6. The summed E-state index contributed by atoms with van der Waals surface area (Å²) in [6.45, 7) is 7.72. The van der Waals surface area contributed by atoms with E-state index in [1.54, 1.807) is 27.7 Å². The minimum absolute atomic E-state index is 0.221. The third-order valence-electron chi connectivity index (χ3n) is 3.68. The van der Waals surface area contributed by atoms with Gasteiger partial charge in [-0.15, -0.1) is 0 Å². The van der Waals surface area contributed by atoms with E-state index < -0.39 is 29.2 Å². The van der Waals surface area contributed by atoms with Crippen molar-refractivity contribution in [1.29, 1.82) is 0 Å². The molecular formula is C17H25N5O5. The van der Waals surface area contributed by atoms with Gasteiger partial charge in [0.2, 0.25) is 5.91 Å². The molecule has 0 unspecified atom stereocenters. The number of nitrogens with zero attached hydrogens (tertiary/aromatic N) is 3. The van der Waals surface area contributed by atoms with Crippen molar-refractivity contribution in [2.45, 2.75) is 52.8 Å². The molecule has 4 amide bonds. The minimum atomic E-state index is -0.637. The fourth-order valence-electron chi connectivity index (χ4n) is 2.54. The monoisotopic (exact) mass is 379 g/mol. The topological polar surface area (TPSA) is 123 Å². The molecule has 1 aromatic heterocycles. The molecule has 0 aliphatic carbocycles. The Labute approximate surface area is 156 Å². The van der Waals surface area contributed by atoms with Gasteiger partial charge in [0.05, 0.1) is 12.2 Å². The SMILES string of the molecule is CCNC(=O)NC(=O)Cn1nc2c(cc1=O)CN(C(=O)OC(C)(C)C)CC2. The zero-order valence-electron chi connectivity index (χ0n) is 16.0. The number of urea groups is 1. The molecule has 10 nitrogen and oxygen atoms in total. The molecule has 0 bridgehead atoms. The number of rotatable bonds is 3.